The highest BCUT2D eigenvalue weighted by atomic mass is 32.2. The first-order valence-corrected chi connectivity index (χ1v) is 9.66. The van der Waals surface area contributed by atoms with E-state index < -0.39 is 0 Å². The second kappa shape index (κ2) is 7.21. The molecule has 0 atom stereocenters. The van der Waals surface area contributed by atoms with Crippen molar-refractivity contribution in [3.05, 3.63) is 71.6 Å². The lowest BCUT2D eigenvalue weighted by atomic mass is 10.1. The van der Waals surface area contributed by atoms with Gasteiger partial charge in [-0.05, 0) is 24.4 Å². The van der Waals surface area contributed by atoms with Crippen molar-refractivity contribution in [3.63, 3.8) is 0 Å². The van der Waals surface area contributed by atoms with Crippen molar-refractivity contribution in [1.82, 2.24) is 15.0 Å². The fourth-order valence-corrected chi connectivity index (χ4v) is 3.82. The van der Waals surface area contributed by atoms with E-state index in [9.17, 15) is 0 Å². The average Bonchev–Trinajstić information content (AvgIpc) is 3.32. The van der Waals surface area contributed by atoms with Crippen molar-refractivity contribution in [1.29, 1.82) is 0 Å². The van der Waals surface area contributed by atoms with Crippen LogP contribution in [0.1, 0.15) is 11.4 Å². The molecular formula is C19H15N3OS2. The summed E-state index contributed by atoms with van der Waals surface area (Å²) in [7, 11) is 0. The predicted molar refractivity (Wildman–Crippen MR) is 102 cm³/mol. The fraction of sp³-hybridized carbons (Fsp3) is 0.105. The average molecular weight is 365 g/mol. The number of hydrogen-bond acceptors (Lipinski definition) is 6. The van der Waals surface area contributed by atoms with E-state index in [4.69, 9.17) is 4.42 Å². The van der Waals surface area contributed by atoms with E-state index in [2.05, 4.69) is 27.1 Å². The van der Waals surface area contributed by atoms with Crippen LogP contribution in [0, 0.1) is 6.92 Å². The molecule has 124 valence electrons. The quantitative estimate of drug-likeness (QED) is 0.347. The Morgan fingerprint density at radius 1 is 1.04 bits per heavy atom. The summed E-state index contributed by atoms with van der Waals surface area (Å²) in [4.78, 5) is 14.8. The lowest BCUT2D eigenvalue weighted by Gasteiger charge is -2.05. The Labute approximate surface area is 154 Å². The van der Waals surface area contributed by atoms with Crippen molar-refractivity contribution in [2.45, 2.75) is 17.8 Å². The monoisotopic (exact) mass is 365 g/mol. The first-order valence-electron chi connectivity index (χ1n) is 7.80. The van der Waals surface area contributed by atoms with Gasteiger partial charge in [0.25, 0.3) is 0 Å². The van der Waals surface area contributed by atoms with Gasteiger partial charge in [0.2, 0.25) is 5.89 Å². The molecule has 0 spiro atoms. The SMILES string of the molecule is Cc1cc(-c2ccccc2)nc(SCc2coc(-c3cccs3)n2)n1. The maximum absolute atomic E-state index is 5.56. The van der Waals surface area contributed by atoms with E-state index in [0.29, 0.717) is 11.6 Å². The van der Waals surface area contributed by atoms with E-state index in [1.165, 1.54) is 0 Å². The standard InChI is InChI=1S/C19H15N3OS2/c1-13-10-16(14-6-3-2-4-7-14)22-19(20-13)25-12-15-11-23-18(21-15)17-8-5-9-24-17/h2-11H,12H2,1H3. The van der Waals surface area contributed by atoms with Crippen LogP contribution >= 0.6 is 23.1 Å². The molecule has 6 heteroatoms. The second-order valence-electron chi connectivity index (χ2n) is 5.45. The van der Waals surface area contributed by atoms with Crippen LogP contribution in [0.15, 0.2) is 69.7 Å². The summed E-state index contributed by atoms with van der Waals surface area (Å²) in [5.74, 6) is 1.34. The van der Waals surface area contributed by atoms with E-state index in [1.54, 1.807) is 29.4 Å². The molecule has 3 aromatic heterocycles. The minimum absolute atomic E-state index is 0.667. The number of benzene rings is 1. The molecule has 4 nitrogen and oxygen atoms in total. The topological polar surface area (TPSA) is 51.8 Å². The second-order valence-corrected chi connectivity index (χ2v) is 7.34. The van der Waals surface area contributed by atoms with Gasteiger partial charge in [0.15, 0.2) is 5.16 Å². The molecule has 25 heavy (non-hydrogen) atoms. The van der Waals surface area contributed by atoms with Crippen LogP contribution in [0.2, 0.25) is 0 Å². The zero-order valence-corrected chi connectivity index (χ0v) is 15.2. The Kier molecular flexibility index (Phi) is 4.63. The number of oxazole rings is 1. The minimum Gasteiger partial charge on any atom is -0.444 e. The van der Waals surface area contributed by atoms with Crippen LogP contribution in [-0.2, 0) is 5.75 Å². The minimum atomic E-state index is 0.667. The zero-order valence-electron chi connectivity index (χ0n) is 13.5. The molecule has 0 saturated carbocycles. The lowest BCUT2D eigenvalue weighted by molar-refractivity contribution is 0.575. The zero-order chi connectivity index (χ0) is 17.1. The maximum Gasteiger partial charge on any atom is 0.236 e. The first kappa shape index (κ1) is 16.1. The summed E-state index contributed by atoms with van der Waals surface area (Å²) in [6.07, 6.45) is 1.70. The molecule has 0 saturated heterocycles. The maximum atomic E-state index is 5.56. The molecule has 4 aromatic rings. The summed E-state index contributed by atoms with van der Waals surface area (Å²) in [5, 5.41) is 2.76. The summed E-state index contributed by atoms with van der Waals surface area (Å²) in [6, 6.07) is 16.1. The van der Waals surface area contributed by atoms with E-state index in [0.717, 1.165) is 32.7 Å². The molecule has 0 fully saturated rings. The van der Waals surface area contributed by atoms with Gasteiger partial charge in [-0.1, -0.05) is 48.2 Å². The van der Waals surface area contributed by atoms with Crippen molar-refractivity contribution in [2.75, 3.05) is 0 Å². The third kappa shape index (κ3) is 3.81. The van der Waals surface area contributed by atoms with Crippen LogP contribution in [0.3, 0.4) is 0 Å². The molecule has 0 aliphatic rings. The molecule has 4 rings (SSSR count). The predicted octanol–water partition coefficient (Wildman–Crippen LogP) is 5.46. The summed E-state index contributed by atoms with van der Waals surface area (Å²) in [6.45, 7) is 1.99. The Morgan fingerprint density at radius 2 is 1.92 bits per heavy atom. The van der Waals surface area contributed by atoms with Crippen LogP contribution in [0.5, 0.6) is 0 Å². The molecule has 0 aliphatic carbocycles. The first-order chi connectivity index (χ1) is 12.3. The summed E-state index contributed by atoms with van der Waals surface area (Å²) >= 11 is 3.18. The molecule has 0 aliphatic heterocycles. The van der Waals surface area contributed by atoms with Gasteiger partial charge in [0.1, 0.15) is 6.26 Å². The molecule has 0 unspecified atom stereocenters. The number of thiophene rings is 1. The molecule has 0 amide bonds. The Bertz CT molecular complexity index is 966. The highest BCUT2D eigenvalue weighted by Gasteiger charge is 2.10. The van der Waals surface area contributed by atoms with Gasteiger partial charge >= 0.3 is 0 Å². The smallest absolute Gasteiger partial charge is 0.236 e. The van der Waals surface area contributed by atoms with Gasteiger partial charge in [0, 0.05) is 17.0 Å². The third-order valence-corrected chi connectivity index (χ3v) is 5.27. The number of thioether (sulfide) groups is 1. The largest absolute Gasteiger partial charge is 0.444 e. The number of rotatable bonds is 5. The molecular weight excluding hydrogens is 350 g/mol. The molecule has 0 N–H and O–H groups in total. The van der Waals surface area contributed by atoms with Crippen LogP contribution < -0.4 is 0 Å². The van der Waals surface area contributed by atoms with Crippen molar-refractivity contribution >= 4 is 23.1 Å². The van der Waals surface area contributed by atoms with Crippen molar-refractivity contribution in [2.24, 2.45) is 0 Å². The Balaban J connectivity index is 1.51. The van der Waals surface area contributed by atoms with Crippen LogP contribution in [0.25, 0.3) is 22.0 Å². The van der Waals surface area contributed by atoms with Gasteiger partial charge in [-0.15, -0.1) is 11.3 Å². The van der Waals surface area contributed by atoms with E-state index in [1.807, 2.05) is 48.7 Å². The molecule has 0 radical (unpaired) electrons. The number of nitrogens with zero attached hydrogens (tertiary/aromatic N) is 3. The van der Waals surface area contributed by atoms with Crippen LogP contribution in [0.4, 0.5) is 0 Å². The highest BCUT2D eigenvalue weighted by Crippen LogP contribution is 2.27. The fourth-order valence-electron chi connectivity index (χ4n) is 2.39. The lowest BCUT2D eigenvalue weighted by Crippen LogP contribution is -1.94. The van der Waals surface area contributed by atoms with E-state index >= 15 is 0 Å². The van der Waals surface area contributed by atoms with Gasteiger partial charge in [-0.2, -0.15) is 0 Å². The number of aryl methyl sites for hydroxylation is 1. The normalized spacial score (nSPS) is 10.9. The number of hydrogen-bond donors (Lipinski definition) is 0. The van der Waals surface area contributed by atoms with Gasteiger partial charge in [0.05, 0.1) is 16.3 Å². The molecule has 0 bridgehead atoms. The van der Waals surface area contributed by atoms with Crippen molar-refractivity contribution in [3.8, 4) is 22.0 Å². The third-order valence-electron chi connectivity index (χ3n) is 3.54. The molecule has 3 heterocycles. The van der Waals surface area contributed by atoms with Crippen molar-refractivity contribution < 1.29 is 4.42 Å². The Hall–Kier alpha value is -2.44. The number of aromatic nitrogens is 3. The Morgan fingerprint density at radius 3 is 2.72 bits per heavy atom. The van der Waals surface area contributed by atoms with Crippen LogP contribution in [-0.4, -0.2) is 15.0 Å². The summed E-state index contributed by atoms with van der Waals surface area (Å²) < 4.78 is 5.56. The molecule has 1 aromatic carbocycles. The van der Waals surface area contributed by atoms with Gasteiger partial charge < -0.3 is 4.42 Å². The van der Waals surface area contributed by atoms with Gasteiger partial charge in [-0.3, -0.25) is 0 Å². The van der Waals surface area contributed by atoms with Gasteiger partial charge in [-0.25, -0.2) is 15.0 Å². The highest BCUT2D eigenvalue weighted by molar-refractivity contribution is 7.98. The summed E-state index contributed by atoms with van der Waals surface area (Å²) in [5.41, 5.74) is 3.88. The van der Waals surface area contributed by atoms with E-state index in [-0.39, 0.29) is 0 Å².